The van der Waals surface area contributed by atoms with Crippen LogP contribution in [0.3, 0.4) is 0 Å². The molecule has 1 aromatic rings. The molecule has 0 spiro atoms. The van der Waals surface area contributed by atoms with E-state index in [-0.39, 0.29) is 11.2 Å². The highest BCUT2D eigenvalue weighted by molar-refractivity contribution is 5.90. The number of nitrogens with zero attached hydrogens (tertiary/aromatic N) is 2. The molecule has 1 amide bonds. The minimum atomic E-state index is -0.506. The monoisotopic (exact) mass is 220 g/mol. The fourth-order valence-corrected chi connectivity index (χ4v) is 2.03. The number of primary amides is 1. The van der Waals surface area contributed by atoms with Gasteiger partial charge in [0.1, 0.15) is 11.5 Å². The van der Waals surface area contributed by atoms with E-state index < -0.39 is 5.91 Å². The second-order valence-electron chi connectivity index (χ2n) is 4.44. The third kappa shape index (κ3) is 1.90. The Morgan fingerprint density at radius 1 is 1.56 bits per heavy atom. The lowest BCUT2D eigenvalue weighted by Crippen LogP contribution is -2.36. The van der Waals surface area contributed by atoms with Gasteiger partial charge in [-0.2, -0.15) is 0 Å². The average molecular weight is 220 g/mol. The topological polar surface area (TPSA) is 80.9 Å². The fourth-order valence-electron chi connectivity index (χ4n) is 2.03. The van der Waals surface area contributed by atoms with Crippen LogP contribution in [0.15, 0.2) is 6.07 Å². The zero-order chi connectivity index (χ0) is 11.8. The predicted octanol–water partition coefficient (Wildman–Crippen LogP) is 0.483. The molecule has 2 heterocycles. The molecule has 5 nitrogen and oxygen atoms in total. The molecule has 2 rings (SSSR count). The number of amides is 1. The van der Waals surface area contributed by atoms with Crippen LogP contribution in [-0.2, 0) is 5.54 Å². The maximum Gasteiger partial charge on any atom is 0.267 e. The fraction of sp³-hybridized carbons (Fsp3) is 0.545. The highest BCUT2D eigenvalue weighted by Crippen LogP contribution is 2.27. The van der Waals surface area contributed by atoms with Crippen molar-refractivity contribution in [3.63, 3.8) is 0 Å². The SMILES string of the molecule is Cc1cc(C(N)=O)nc([C@@]2(C)CCCN2)n1. The quantitative estimate of drug-likeness (QED) is 0.759. The first-order valence-electron chi connectivity index (χ1n) is 5.42. The van der Waals surface area contributed by atoms with Crippen molar-refractivity contribution in [1.29, 1.82) is 0 Å². The third-order valence-electron chi connectivity index (χ3n) is 2.97. The number of hydrogen-bond donors (Lipinski definition) is 2. The summed E-state index contributed by atoms with van der Waals surface area (Å²) in [5, 5.41) is 3.37. The third-order valence-corrected chi connectivity index (χ3v) is 2.97. The van der Waals surface area contributed by atoms with E-state index in [1.54, 1.807) is 6.07 Å². The lowest BCUT2D eigenvalue weighted by atomic mass is 9.99. The Balaban J connectivity index is 2.44. The lowest BCUT2D eigenvalue weighted by molar-refractivity contribution is 0.0994. The number of carbonyl (C=O) groups excluding carboxylic acids is 1. The van der Waals surface area contributed by atoms with Crippen molar-refractivity contribution in [1.82, 2.24) is 15.3 Å². The Morgan fingerprint density at radius 2 is 2.31 bits per heavy atom. The van der Waals surface area contributed by atoms with E-state index in [0.29, 0.717) is 5.82 Å². The molecule has 1 aromatic heterocycles. The first kappa shape index (κ1) is 11.0. The largest absolute Gasteiger partial charge is 0.364 e. The van der Waals surface area contributed by atoms with Crippen molar-refractivity contribution in [2.75, 3.05) is 6.54 Å². The van der Waals surface area contributed by atoms with Crippen LogP contribution in [0.1, 0.15) is 41.8 Å². The number of carbonyl (C=O) groups is 1. The molecule has 0 radical (unpaired) electrons. The van der Waals surface area contributed by atoms with Gasteiger partial charge in [0.2, 0.25) is 0 Å². The lowest BCUT2D eigenvalue weighted by Gasteiger charge is -2.22. The molecule has 1 saturated heterocycles. The smallest absolute Gasteiger partial charge is 0.267 e. The first-order chi connectivity index (χ1) is 7.51. The number of hydrogen-bond acceptors (Lipinski definition) is 4. The van der Waals surface area contributed by atoms with Gasteiger partial charge in [0.25, 0.3) is 5.91 Å². The van der Waals surface area contributed by atoms with E-state index in [1.165, 1.54) is 0 Å². The highest BCUT2D eigenvalue weighted by Gasteiger charge is 2.33. The Labute approximate surface area is 94.5 Å². The van der Waals surface area contributed by atoms with Crippen LogP contribution >= 0.6 is 0 Å². The number of nitrogens with one attached hydrogen (secondary N) is 1. The van der Waals surface area contributed by atoms with Gasteiger partial charge in [-0.1, -0.05) is 0 Å². The van der Waals surface area contributed by atoms with Gasteiger partial charge in [-0.15, -0.1) is 0 Å². The van der Waals surface area contributed by atoms with Crippen LogP contribution in [0.4, 0.5) is 0 Å². The second-order valence-corrected chi connectivity index (χ2v) is 4.44. The van der Waals surface area contributed by atoms with Crippen molar-refractivity contribution >= 4 is 5.91 Å². The summed E-state index contributed by atoms with van der Waals surface area (Å²) in [5.41, 5.74) is 6.08. The van der Waals surface area contributed by atoms with Gasteiger partial charge in [-0.25, -0.2) is 9.97 Å². The van der Waals surface area contributed by atoms with Crippen LogP contribution < -0.4 is 11.1 Å². The van der Waals surface area contributed by atoms with Gasteiger partial charge in [0, 0.05) is 5.69 Å². The number of aromatic nitrogens is 2. The minimum Gasteiger partial charge on any atom is -0.364 e. The van der Waals surface area contributed by atoms with Crippen LogP contribution in [0.2, 0.25) is 0 Å². The molecule has 1 aliphatic rings. The molecule has 0 aromatic carbocycles. The number of rotatable bonds is 2. The number of nitrogens with two attached hydrogens (primary N) is 1. The molecule has 3 N–H and O–H groups in total. The van der Waals surface area contributed by atoms with Crippen molar-refractivity contribution in [2.24, 2.45) is 5.73 Å². The standard InChI is InChI=1S/C11H16N4O/c1-7-6-8(9(12)16)15-10(14-7)11(2)4-3-5-13-11/h6,13H,3-5H2,1-2H3,(H2,12,16)/t11-/m1/s1. The van der Waals surface area contributed by atoms with E-state index in [2.05, 4.69) is 22.2 Å². The van der Waals surface area contributed by atoms with E-state index in [0.717, 1.165) is 25.1 Å². The molecular weight excluding hydrogens is 204 g/mol. The Hall–Kier alpha value is -1.49. The summed E-state index contributed by atoms with van der Waals surface area (Å²) >= 11 is 0. The summed E-state index contributed by atoms with van der Waals surface area (Å²) < 4.78 is 0. The molecule has 0 saturated carbocycles. The summed E-state index contributed by atoms with van der Waals surface area (Å²) in [5.74, 6) is 0.159. The normalized spacial score (nSPS) is 24.6. The van der Waals surface area contributed by atoms with Gasteiger partial charge in [0.15, 0.2) is 0 Å². The zero-order valence-electron chi connectivity index (χ0n) is 9.58. The van der Waals surface area contributed by atoms with Gasteiger partial charge in [0.05, 0.1) is 5.54 Å². The minimum absolute atomic E-state index is 0.226. The molecule has 16 heavy (non-hydrogen) atoms. The Morgan fingerprint density at radius 3 is 2.88 bits per heavy atom. The molecule has 0 aliphatic carbocycles. The van der Waals surface area contributed by atoms with Crippen molar-refractivity contribution < 1.29 is 4.79 Å². The van der Waals surface area contributed by atoms with Gasteiger partial charge in [-0.3, -0.25) is 4.79 Å². The van der Waals surface area contributed by atoms with Gasteiger partial charge in [-0.05, 0) is 39.3 Å². The maximum absolute atomic E-state index is 11.1. The van der Waals surface area contributed by atoms with Crippen LogP contribution in [0.5, 0.6) is 0 Å². The molecule has 1 atom stereocenters. The van der Waals surface area contributed by atoms with Gasteiger partial charge >= 0.3 is 0 Å². The summed E-state index contributed by atoms with van der Waals surface area (Å²) in [6, 6.07) is 1.62. The van der Waals surface area contributed by atoms with Crippen molar-refractivity contribution in [3.05, 3.63) is 23.3 Å². The van der Waals surface area contributed by atoms with E-state index >= 15 is 0 Å². The van der Waals surface area contributed by atoms with Gasteiger partial charge < -0.3 is 11.1 Å². The highest BCUT2D eigenvalue weighted by atomic mass is 16.1. The molecule has 86 valence electrons. The Kier molecular flexibility index (Phi) is 2.63. The summed E-state index contributed by atoms with van der Waals surface area (Å²) in [6.07, 6.45) is 2.08. The van der Waals surface area contributed by atoms with E-state index in [4.69, 9.17) is 5.73 Å². The molecule has 0 unspecified atom stereocenters. The van der Waals surface area contributed by atoms with Crippen LogP contribution in [0, 0.1) is 6.92 Å². The first-order valence-corrected chi connectivity index (χ1v) is 5.42. The van der Waals surface area contributed by atoms with E-state index in [1.807, 2.05) is 6.92 Å². The Bertz CT molecular complexity index is 424. The molecule has 0 bridgehead atoms. The zero-order valence-corrected chi connectivity index (χ0v) is 9.58. The molecule has 5 heteroatoms. The molecule has 1 aliphatic heterocycles. The van der Waals surface area contributed by atoms with E-state index in [9.17, 15) is 4.79 Å². The second kappa shape index (κ2) is 3.83. The van der Waals surface area contributed by atoms with Crippen molar-refractivity contribution in [2.45, 2.75) is 32.2 Å². The molecule has 1 fully saturated rings. The summed E-state index contributed by atoms with van der Waals surface area (Å²) in [7, 11) is 0. The van der Waals surface area contributed by atoms with Crippen LogP contribution in [-0.4, -0.2) is 22.4 Å². The van der Waals surface area contributed by atoms with Crippen LogP contribution in [0.25, 0.3) is 0 Å². The number of aryl methyl sites for hydroxylation is 1. The average Bonchev–Trinajstić information content (AvgIpc) is 2.65. The maximum atomic E-state index is 11.1. The predicted molar refractivity (Wildman–Crippen MR) is 59.9 cm³/mol. The molecular formula is C11H16N4O. The summed E-state index contributed by atoms with van der Waals surface area (Å²) in [6.45, 7) is 4.86. The summed E-state index contributed by atoms with van der Waals surface area (Å²) in [4.78, 5) is 19.8. The van der Waals surface area contributed by atoms with Crippen molar-refractivity contribution in [3.8, 4) is 0 Å².